The molecule has 2 aromatic carbocycles. The molecule has 0 fully saturated rings. The van der Waals surface area contributed by atoms with Crippen molar-refractivity contribution in [2.75, 3.05) is 18.6 Å². The quantitative estimate of drug-likeness (QED) is 0.561. The number of carbonyl (C=O) groups is 2. The third-order valence-electron chi connectivity index (χ3n) is 4.76. The van der Waals surface area contributed by atoms with E-state index < -0.39 is 11.9 Å². The lowest BCUT2D eigenvalue weighted by Gasteiger charge is -2.20. The molecule has 1 aliphatic rings. The number of carbonyl (C=O) groups excluding carboxylic acids is 2. The Bertz CT molecular complexity index is 1090. The van der Waals surface area contributed by atoms with Crippen LogP contribution in [0.15, 0.2) is 66.9 Å². The van der Waals surface area contributed by atoms with E-state index in [2.05, 4.69) is 10.3 Å². The molecule has 0 radical (unpaired) electrons. The Balaban J connectivity index is 0.000000970. The van der Waals surface area contributed by atoms with E-state index in [0.717, 1.165) is 5.56 Å². The predicted molar refractivity (Wildman–Crippen MR) is 135 cm³/mol. The molecule has 0 saturated heterocycles. The monoisotopic (exact) mass is 463 g/mol. The van der Waals surface area contributed by atoms with Crippen molar-refractivity contribution in [1.82, 2.24) is 10.3 Å². The Morgan fingerprint density at radius 3 is 2.44 bits per heavy atom. The highest BCUT2D eigenvalue weighted by atomic mass is 16.5. The minimum absolute atomic E-state index is 0.0329. The van der Waals surface area contributed by atoms with Crippen LogP contribution in [0, 0.1) is 6.92 Å². The number of para-hydroxylation sites is 1. The van der Waals surface area contributed by atoms with E-state index in [1.165, 1.54) is 17.2 Å². The first-order valence-corrected chi connectivity index (χ1v) is 11.5. The fraction of sp³-hybridized carbons (Fsp3) is 0.296. The first-order valence-electron chi connectivity index (χ1n) is 11.5. The van der Waals surface area contributed by atoms with Gasteiger partial charge in [0, 0.05) is 19.3 Å². The minimum Gasteiger partial charge on any atom is -0.489 e. The van der Waals surface area contributed by atoms with Crippen LogP contribution in [0.25, 0.3) is 0 Å². The lowest BCUT2D eigenvalue weighted by atomic mass is 10.2. The number of benzene rings is 2. The van der Waals surface area contributed by atoms with Crippen molar-refractivity contribution in [2.24, 2.45) is 0 Å². The van der Waals surface area contributed by atoms with Gasteiger partial charge in [-0.05, 0) is 42.8 Å². The summed E-state index contributed by atoms with van der Waals surface area (Å²) < 4.78 is 11.5. The number of pyridine rings is 1. The van der Waals surface area contributed by atoms with Crippen LogP contribution in [0.3, 0.4) is 0 Å². The van der Waals surface area contributed by atoms with Crippen LogP contribution in [0.1, 0.15) is 43.7 Å². The van der Waals surface area contributed by atoms with Gasteiger partial charge in [0.25, 0.3) is 11.8 Å². The number of fused-ring (bicyclic) bond motifs is 1. The van der Waals surface area contributed by atoms with E-state index in [9.17, 15) is 9.59 Å². The van der Waals surface area contributed by atoms with Crippen LogP contribution >= 0.6 is 0 Å². The molecule has 4 rings (SSSR count). The molecule has 34 heavy (non-hydrogen) atoms. The number of anilines is 1. The third-order valence-corrected chi connectivity index (χ3v) is 4.76. The average Bonchev–Trinajstić information content (AvgIpc) is 2.99. The molecule has 7 heteroatoms. The van der Waals surface area contributed by atoms with Crippen LogP contribution in [0.4, 0.5) is 5.69 Å². The average molecular weight is 464 g/mol. The van der Waals surface area contributed by atoms with Gasteiger partial charge in [0.15, 0.2) is 0 Å². The topological polar surface area (TPSA) is 80.8 Å². The van der Waals surface area contributed by atoms with E-state index in [0.29, 0.717) is 22.9 Å². The molecule has 0 spiro atoms. The molecule has 2 heterocycles. The van der Waals surface area contributed by atoms with E-state index in [-0.39, 0.29) is 18.2 Å². The van der Waals surface area contributed by atoms with Crippen molar-refractivity contribution in [3.8, 4) is 17.2 Å². The second-order valence-electron chi connectivity index (χ2n) is 7.00. The Morgan fingerprint density at radius 1 is 1.03 bits per heavy atom. The van der Waals surface area contributed by atoms with Crippen LogP contribution in [0.2, 0.25) is 0 Å². The molecular formula is C27H33N3O4. The van der Waals surface area contributed by atoms with Gasteiger partial charge in [-0.3, -0.25) is 14.6 Å². The Labute approximate surface area is 201 Å². The third kappa shape index (κ3) is 6.57. The van der Waals surface area contributed by atoms with Crippen LogP contribution in [-0.4, -0.2) is 36.5 Å². The SMILES string of the molecule is CC.CC.Cc1ccc2c(c1)N(C)C(=O)C(NC(=O)c1cc(Oc3ccccc3)ccn1)CO2. The van der Waals surface area contributed by atoms with Crippen molar-refractivity contribution < 1.29 is 19.1 Å². The Hall–Kier alpha value is -3.87. The summed E-state index contributed by atoms with van der Waals surface area (Å²) in [6, 6.07) is 17.2. The first kappa shape index (κ1) is 26.4. The second kappa shape index (κ2) is 13.0. The van der Waals surface area contributed by atoms with Crippen LogP contribution < -0.4 is 19.7 Å². The molecule has 3 aromatic rings. The summed E-state index contributed by atoms with van der Waals surface area (Å²) in [7, 11) is 1.67. The molecule has 1 atom stereocenters. The highest BCUT2D eigenvalue weighted by molar-refractivity contribution is 6.02. The number of aromatic nitrogens is 1. The lowest BCUT2D eigenvalue weighted by molar-refractivity contribution is -0.120. The van der Waals surface area contributed by atoms with Gasteiger partial charge in [-0.2, -0.15) is 0 Å². The molecule has 0 bridgehead atoms. The summed E-state index contributed by atoms with van der Waals surface area (Å²) in [5.74, 6) is 0.988. The maximum Gasteiger partial charge on any atom is 0.270 e. The van der Waals surface area contributed by atoms with Crippen LogP contribution in [0.5, 0.6) is 17.2 Å². The van der Waals surface area contributed by atoms with Gasteiger partial charge in [-0.25, -0.2) is 0 Å². The fourth-order valence-corrected chi connectivity index (χ4v) is 3.17. The zero-order chi connectivity index (χ0) is 25.1. The fourth-order valence-electron chi connectivity index (χ4n) is 3.17. The van der Waals surface area contributed by atoms with Crippen molar-refractivity contribution in [3.63, 3.8) is 0 Å². The number of nitrogens with one attached hydrogen (secondary N) is 1. The number of nitrogens with zero attached hydrogens (tertiary/aromatic N) is 2. The summed E-state index contributed by atoms with van der Waals surface area (Å²) in [5.41, 5.74) is 1.84. The van der Waals surface area contributed by atoms with Gasteiger partial charge in [-0.15, -0.1) is 0 Å². The largest absolute Gasteiger partial charge is 0.489 e. The van der Waals surface area contributed by atoms with Gasteiger partial charge in [0.2, 0.25) is 0 Å². The van der Waals surface area contributed by atoms with Gasteiger partial charge < -0.3 is 19.7 Å². The van der Waals surface area contributed by atoms with Gasteiger partial charge in [0.05, 0.1) is 5.69 Å². The number of hydrogen-bond acceptors (Lipinski definition) is 5. The number of rotatable bonds is 4. The van der Waals surface area contributed by atoms with Gasteiger partial charge in [0.1, 0.15) is 35.6 Å². The van der Waals surface area contributed by atoms with E-state index >= 15 is 0 Å². The molecule has 0 saturated carbocycles. The van der Waals surface area contributed by atoms with Crippen molar-refractivity contribution >= 4 is 17.5 Å². The van der Waals surface area contributed by atoms with E-state index in [4.69, 9.17) is 9.47 Å². The molecule has 1 N–H and O–H groups in total. The molecule has 1 unspecified atom stereocenters. The zero-order valence-corrected chi connectivity index (χ0v) is 20.7. The maximum atomic E-state index is 12.9. The number of hydrogen-bond donors (Lipinski definition) is 1. The van der Waals surface area contributed by atoms with E-state index in [1.807, 2.05) is 83.1 Å². The van der Waals surface area contributed by atoms with Crippen LogP contribution in [-0.2, 0) is 4.79 Å². The first-order chi connectivity index (χ1) is 16.5. The summed E-state index contributed by atoms with van der Waals surface area (Å²) in [6.07, 6.45) is 1.49. The summed E-state index contributed by atoms with van der Waals surface area (Å²) in [6.45, 7) is 9.98. The molecule has 7 nitrogen and oxygen atoms in total. The molecule has 2 amide bonds. The number of likely N-dealkylation sites (N-methyl/N-ethyl adjacent to an activating group) is 1. The van der Waals surface area contributed by atoms with Gasteiger partial charge in [-0.1, -0.05) is 52.0 Å². The summed E-state index contributed by atoms with van der Waals surface area (Å²) in [5, 5.41) is 2.72. The van der Waals surface area contributed by atoms with Crippen molar-refractivity contribution in [2.45, 2.75) is 40.7 Å². The van der Waals surface area contributed by atoms with Gasteiger partial charge >= 0.3 is 0 Å². The Morgan fingerprint density at radius 2 is 1.74 bits per heavy atom. The second-order valence-corrected chi connectivity index (χ2v) is 7.00. The minimum atomic E-state index is -0.837. The highest BCUT2D eigenvalue weighted by Gasteiger charge is 2.31. The van der Waals surface area contributed by atoms with Crippen molar-refractivity contribution in [3.05, 3.63) is 78.1 Å². The molecule has 1 aromatic heterocycles. The predicted octanol–water partition coefficient (Wildman–Crippen LogP) is 5.39. The smallest absolute Gasteiger partial charge is 0.270 e. The highest BCUT2D eigenvalue weighted by Crippen LogP contribution is 2.31. The summed E-state index contributed by atoms with van der Waals surface area (Å²) >= 11 is 0. The standard InChI is InChI=1S/C23H21N3O4.2C2H6/c1-15-8-9-21-20(12-15)26(2)23(28)19(14-29-21)25-22(27)18-13-17(10-11-24-18)30-16-6-4-3-5-7-16;2*1-2/h3-13,19H,14H2,1-2H3,(H,25,27);2*1-2H3. The maximum absolute atomic E-state index is 12.9. The number of amides is 2. The molecule has 180 valence electrons. The number of ether oxygens (including phenoxy) is 2. The molecule has 0 aliphatic carbocycles. The Kier molecular flexibility index (Phi) is 10.1. The lowest BCUT2D eigenvalue weighted by Crippen LogP contribution is -2.49. The molecular weight excluding hydrogens is 430 g/mol. The zero-order valence-electron chi connectivity index (χ0n) is 20.7. The van der Waals surface area contributed by atoms with E-state index in [1.54, 1.807) is 13.1 Å². The van der Waals surface area contributed by atoms with Crippen molar-refractivity contribution in [1.29, 1.82) is 0 Å². The molecule has 1 aliphatic heterocycles. The normalized spacial score (nSPS) is 14.1. The number of aryl methyl sites for hydroxylation is 1. The summed E-state index contributed by atoms with van der Waals surface area (Å²) in [4.78, 5) is 31.2.